The monoisotopic (exact) mass is 446 g/mol. The van der Waals surface area contributed by atoms with Gasteiger partial charge < -0.3 is 20.3 Å². The summed E-state index contributed by atoms with van der Waals surface area (Å²) in [7, 11) is 0. The topological polar surface area (TPSA) is 74.7 Å². The Morgan fingerprint density at radius 3 is 3.04 bits per heavy atom. The smallest absolute Gasteiger partial charge is 0.193 e. The van der Waals surface area contributed by atoms with E-state index in [4.69, 9.17) is 9.73 Å². The van der Waals surface area contributed by atoms with Crippen LogP contribution in [0.4, 0.5) is 5.82 Å². The lowest BCUT2D eigenvalue weighted by atomic mass is 9.87. The van der Waals surface area contributed by atoms with Gasteiger partial charge in [-0.05, 0) is 19.8 Å². The van der Waals surface area contributed by atoms with Gasteiger partial charge in [0.25, 0.3) is 0 Å². The summed E-state index contributed by atoms with van der Waals surface area (Å²) in [6.45, 7) is 8.37. The van der Waals surface area contributed by atoms with Crippen LogP contribution in [0.15, 0.2) is 23.6 Å². The zero-order chi connectivity index (χ0) is 16.0. The highest BCUT2D eigenvalue weighted by Gasteiger charge is 2.42. The number of anilines is 1. The lowest BCUT2D eigenvalue weighted by Crippen LogP contribution is -2.41. The average Bonchev–Trinajstić information content (AvgIpc) is 3.22. The maximum atomic E-state index is 5.61. The number of ether oxygens (including phenoxy) is 1. The van der Waals surface area contributed by atoms with Gasteiger partial charge in [-0.3, -0.25) is 9.98 Å². The SMILES string of the molecule is CCNC(=NCCNc1cnccn1)N1CCC2(CCOC2)C1.I. The molecule has 0 amide bonds. The molecule has 134 valence electrons. The number of aliphatic imine (C=N–C) groups is 1. The number of likely N-dealkylation sites (tertiary alicyclic amines) is 1. The molecule has 0 aromatic carbocycles. The van der Waals surface area contributed by atoms with Gasteiger partial charge in [0, 0.05) is 50.6 Å². The van der Waals surface area contributed by atoms with E-state index in [1.807, 2.05) is 0 Å². The molecule has 0 aliphatic carbocycles. The van der Waals surface area contributed by atoms with Crippen LogP contribution >= 0.6 is 24.0 Å². The number of rotatable bonds is 5. The van der Waals surface area contributed by atoms with E-state index >= 15 is 0 Å². The lowest BCUT2D eigenvalue weighted by molar-refractivity contribution is 0.156. The number of guanidine groups is 1. The minimum absolute atomic E-state index is 0. The number of aromatic nitrogens is 2. The summed E-state index contributed by atoms with van der Waals surface area (Å²) in [5.74, 6) is 1.80. The molecule has 2 aliphatic heterocycles. The van der Waals surface area contributed by atoms with Gasteiger partial charge in [-0.15, -0.1) is 24.0 Å². The van der Waals surface area contributed by atoms with Crippen LogP contribution in [0.25, 0.3) is 0 Å². The minimum atomic E-state index is 0. The second-order valence-corrected chi connectivity index (χ2v) is 6.23. The highest BCUT2D eigenvalue weighted by molar-refractivity contribution is 14.0. The Hall–Kier alpha value is -1.16. The molecule has 2 saturated heterocycles. The molecule has 7 nitrogen and oxygen atoms in total. The third-order valence-corrected chi connectivity index (χ3v) is 4.50. The summed E-state index contributed by atoms with van der Waals surface area (Å²) in [5.41, 5.74) is 0.355. The first-order valence-electron chi connectivity index (χ1n) is 8.42. The van der Waals surface area contributed by atoms with Gasteiger partial charge in [0.1, 0.15) is 5.82 Å². The van der Waals surface area contributed by atoms with Crippen LogP contribution in [0.1, 0.15) is 19.8 Å². The van der Waals surface area contributed by atoms with Crippen molar-refractivity contribution in [2.75, 3.05) is 51.3 Å². The lowest BCUT2D eigenvalue weighted by Gasteiger charge is -2.25. The quantitative estimate of drug-likeness (QED) is 0.310. The second kappa shape index (κ2) is 9.36. The van der Waals surface area contributed by atoms with Crippen LogP contribution < -0.4 is 10.6 Å². The highest BCUT2D eigenvalue weighted by atomic mass is 127. The van der Waals surface area contributed by atoms with Crippen molar-refractivity contribution in [3.8, 4) is 0 Å². The summed E-state index contributed by atoms with van der Waals surface area (Å²) >= 11 is 0. The summed E-state index contributed by atoms with van der Waals surface area (Å²) in [5, 5.41) is 6.64. The van der Waals surface area contributed by atoms with Crippen LogP contribution in [0.2, 0.25) is 0 Å². The molecule has 1 atom stereocenters. The molecule has 24 heavy (non-hydrogen) atoms. The van der Waals surface area contributed by atoms with Gasteiger partial charge in [0.2, 0.25) is 0 Å². The molecular weight excluding hydrogens is 419 g/mol. The first kappa shape index (κ1) is 19.2. The van der Waals surface area contributed by atoms with E-state index in [2.05, 4.69) is 32.4 Å². The molecule has 3 rings (SSSR count). The van der Waals surface area contributed by atoms with Crippen molar-refractivity contribution in [1.82, 2.24) is 20.2 Å². The summed E-state index contributed by atoms with van der Waals surface area (Å²) in [6.07, 6.45) is 7.46. The maximum Gasteiger partial charge on any atom is 0.193 e. The largest absolute Gasteiger partial charge is 0.381 e. The molecule has 2 aliphatic rings. The predicted octanol–water partition coefficient (Wildman–Crippen LogP) is 1.58. The van der Waals surface area contributed by atoms with Crippen molar-refractivity contribution in [1.29, 1.82) is 0 Å². The number of nitrogens with one attached hydrogen (secondary N) is 2. The fourth-order valence-electron chi connectivity index (χ4n) is 3.25. The zero-order valence-corrected chi connectivity index (χ0v) is 16.5. The van der Waals surface area contributed by atoms with E-state index in [1.165, 1.54) is 12.8 Å². The third kappa shape index (κ3) is 4.92. The van der Waals surface area contributed by atoms with Crippen molar-refractivity contribution in [3.63, 3.8) is 0 Å². The minimum Gasteiger partial charge on any atom is -0.381 e. The fraction of sp³-hybridized carbons (Fsp3) is 0.688. The number of nitrogens with zero attached hydrogens (tertiary/aromatic N) is 4. The molecule has 0 radical (unpaired) electrons. The zero-order valence-electron chi connectivity index (χ0n) is 14.2. The van der Waals surface area contributed by atoms with Crippen LogP contribution in [0.3, 0.4) is 0 Å². The number of halogens is 1. The number of hydrogen-bond acceptors (Lipinski definition) is 5. The van der Waals surface area contributed by atoms with E-state index in [0.717, 1.165) is 51.2 Å². The molecule has 1 aromatic rings. The second-order valence-electron chi connectivity index (χ2n) is 6.23. The molecule has 2 N–H and O–H groups in total. The van der Waals surface area contributed by atoms with Gasteiger partial charge in [-0.2, -0.15) is 0 Å². The van der Waals surface area contributed by atoms with E-state index in [1.54, 1.807) is 18.6 Å². The van der Waals surface area contributed by atoms with Crippen molar-refractivity contribution in [3.05, 3.63) is 18.6 Å². The molecular formula is C16H27IN6O. The Labute approximate surface area is 160 Å². The van der Waals surface area contributed by atoms with Crippen molar-refractivity contribution < 1.29 is 4.74 Å². The van der Waals surface area contributed by atoms with Crippen molar-refractivity contribution >= 4 is 35.8 Å². The Balaban J connectivity index is 0.00000208. The molecule has 1 unspecified atom stereocenters. The van der Waals surface area contributed by atoms with Crippen molar-refractivity contribution in [2.24, 2.45) is 10.4 Å². The number of hydrogen-bond donors (Lipinski definition) is 2. The average molecular weight is 446 g/mol. The normalized spacial score (nSPS) is 23.4. The van der Waals surface area contributed by atoms with E-state index in [-0.39, 0.29) is 24.0 Å². The highest BCUT2D eigenvalue weighted by Crippen LogP contribution is 2.38. The van der Waals surface area contributed by atoms with Crippen LogP contribution in [0, 0.1) is 5.41 Å². The molecule has 8 heteroatoms. The van der Waals surface area contributed by atoms with Crippen molar-refractivity contribution in [2.45, 2.75) is 19.8 Å². The van der Waals surface area contributed by atoms with Crippen LogP contribution in [-0.4, -0.2) is 66.8 Å². The summed E-state index contributed by atoms with van der Waals surface area (Å²) in [4.78, 5) is 15.4. The Morgan fingerprint density at radius 1 is 1.42 bits per heavy atom. The Bertz CT molecular complexity index is 521. The molecule has 1 aromatic heterocycles. The van der Waals surface area contributed by atoms with Gasteiger partial charge in [-0.1, -0.05) is 0 Å². The summed E-state index contributed by atoms with van der Waals surface area (Å²) in [6, 6.07) is 0. The predicted molar refractivity (Wildman–Crippen MR) is 106 cm³/mol. The van der Waals surface area contributed by atoms with E-state index in [9.17, 15) is 0 Å². The van der Waals surface area contributed by atoms with Gasteiger partial charge in [0.05, 0.1) is 19.3 Å². The van der Waals surface area contributed by atoms with E-state index in [0.29, 0.717) is 12.0 Å². The maximum absolute atomic E-state index is 5.61. The molecule has 0 bridgehead atoms. The van der Waals surface area contributed by atoms with Gasteiger partial charge in [0.15, 0.2) is 5.96 Å². The Morgan fingerprint density at radius 2 is 2.33 bits per heavy atom. The Kier molecular flexibility index (Phi) is 7.47. The van der Waals surface area contributed by atoms with Crippen LogP contribution in [0.5, 0.6) is 0 Å². The first-order valence-corrected chi connectivity index (χ1v) is 8.42. The standard InChI is InChI=1S/C16H26N6O.HI/c1-2-18-15(21-8-7-20-14-11-17-5-6-19-14)22-9-3-16(12-22)4-10-23-13-16;/h5-6,11H,2-4,7-10,12-13H2,1H3,(H,18,21)(H,19,20);1H. The first-order chi connectivity index (χ1) is 11.3. The fourth-order valence-corrected chi connectivity index (χ4v) is 3.25. The molecule has 1 spiro atoms. The van der Waals surface area contributed by atoms with Gasteiger partial charge >= 0.3 is 0 Å². The van der Waals surface area contributed by atoms with Crippen LogP contribution in [-0.2, 0) is 4.74 Å². The van der Waals surface area contributed by atoms with E-state index < -0.39 is 0 Å². The molecule has 2 fully saturated rings. The summed E-state index contributed by atoms with van der Waals surface area (Å²) < 4.78 is 5.61. The van der Waals surface area contributed by atoms with Gasteiger partial charge in [-0.25, -0.2) is 4.98 Å². The molecule has 3 heterocycles. The molecule has 0 saturated carbocycles. The third-order valence-electron chi connectivity index (χ3n) is 4.50.